The van der Waals surface area contributed by atoms with Gasteiger partial charge in [-0.2, -0.15) is 0 Å². The van der Waals surface area contributed by atoms with E-state index in [1.54, 1.807) is 0 Å². The standard InChI is InChI=1S/C24H30O12/c25-7-13-6-12(2-4-16-20(30)24(34)22(32)18(10-28)36-16)14(8-26)5-11(13)1-3-15-19(29)23(33)21(31)17(9-27)35-15/h5-6,15-34H,7-10H2/t15-,16-,17-,18-,19-,20-,21-,22-,23-,24-/m1/s1. The molecule has 1 aromatic rings. The van der Waals surface area contributed by atoms with E-state index in [2.05, 4.69) is 23.7 Å². The summed E-state index contributed by atoms with van der Waals surface area (Å²) in [5.74, 6) is 10.6. The summed E-state index contributed by atoms with van der Waals surface area (Å²) in [5.41, 5.74) is 1.05. The zero-order valence-corrected chi connectivity index (χ0v) is 19.0. The summed E-state index contributed by atoms with van der Waals surface area (Å²) in [6, 6.07) is 2.86. The highest BCUT2D eigenvalue weighted by Gasteiger charge is 2.43. The Morgan fingerprint density at radius 3 is 1.22 bits per heavy atom. The maximum Gasteiger partial charge on any atom is 0.147 e. The average Bonchev–Trinajstić information content (AvgIpc) is 2.89. The van der Waals surface area contributed by atoms with Crippen LogP contribution >= 0.6 is 0 Å². The van der Waals surface area contributed by atoms with Gasteiger partial charge in [-0.15, -0.1) is 0 Å². The van der Waals surface area contributed by atoms with Gasteiger partial charge in [0.05, 0.1) is 26.4 Å². The third-order valence-corrected chi connectivity index (χ3v) is 6.15. The van der Waals surface area contributed by atoms with E-state index in [-0.39, 0.29) is 22.3 Å². The Morgan fingerprint density at radius 1 is 0.556 bits per heavy atom. The summed E-state index contributed by atoms with van der Waals surface area (Å²) in [6.45, 7) is -2.19. The van der Waals surface area contributed by atoms with Gasteiger partial charge in [-0.1, -0.05) is 23.7 Å². The summed E-state index contributed by atoms with van der Waals surface area (Å²) in [7, 11) is 0. The highest BCUT2D eigenvalue weighted by Crippen LogP contribution is 2.23. The van der Waals surface area contributed by atoms with Crippen molar-refractivity contribution in [1.82, 2.24) is 0 Å². The SMILES string of the molecule is OCc1cc(C#C[C@H]2O[C@H](CO)[C@@H](O)[C@H](O)[C@@H]2O)c(CO)cc1C#C[C@H]1O[C@H](CO)[C@@H](O)[C@H](O)[C@@H]1O. The zero-order chi connectivity index (χ0) is 26.6. The van der Waals surface area contributed by atoms with E-state index in [0.29, 0.717) is 0 Å². The monoisotopic (exact) mass is 510 g/mol. The molecular weight excluding hydrogens is 480 g/mol. The normalized spacial score (nSPS) is 36.4. The molecule has 36 heavy (non-hydrogen) atoms. The molecule has 3 rings (SSSR count). The third-order valence-electron chi connectivity index (χ3n) is 6.15. The van der Waals surface area contributed by atoms with Crippen LogP contribution in [0.25, 0.3) is 0 Å². The van der Waals surface area contributed by atoms with Crippen LogP contribution in [0.4, 0.5) is 0 Å². The Balaban J connectivity index is 1.89. The largest absolute Gasteiger partial charge is 0.394 e. The second-order valence-corrected chi connectivity index (χ2v) is 8.52. The van der Waals surface area contributed by atoms with Gasteiger partial charge in [-0.25, -0.2) is 0 Å². The van der Waals surface area contributed by atoms with Gasteiger partial charge in [0.25, 0.3) is 0 Å². The molecule has 0 aliphatic carbocycles. The third kappa shape index (κ3) is 5.88. The van der Waals surface area contributed by atoms with Crippen LogP contribution in [0.3, 0.4) is 0 Å². The maximum atomic E-state index is 10.1. The van der Waals surface area contributed by atoms with Crippen molar-refractivity contribution in [1.29, 1.82) is 0 Å². The van der Waals surface area contributed by atoms with Crippen molar-refractivity contribution >= 4 is 0 Å². The van der Waals surface area contributed by atoms with Crippen LogP contribution in [0, 0.1) is 23.7 Å². The smallest absolute Gasteiger partial charge is 0.147 e. The molecular formula is C24H30O12. The topological polar surface area (TPSA) is 221 Å². The van der Waals surface area contributed by atoms with Gasteiger partial charge in [-0.3, -0.25) is 0 Å². The molecule has 12 heteroatoms. The van der Waals surface area contributed by atoms with Gasteiger partial charge in [0, 0.05) is 11.1 Å². The van der Waals surface area contributed by atoms with Crippen molar-refractivity contribution < 1.29 is 60.5 Å². The average molecular weight is 510 g/mol. The number of aliphatic hydroxyl groups is 10. The highest BCUT2D eigenvalue weighted by molar-refractivity contribution is 5.52. The van der Waals surface area contributed by atoms with Crippen LogP contribution < -0.4 is 0 Å². The molecule has 1 aromatic carbocycles. The van der Waals surface area contributed by atoms with Crippen LogP contribution in [-0.2, 0) is 22.7 Å². The van der Waals surface area contributed by atoms with Crippen LogP contribution in [0.1, 0.15) is 22.3 Å². The lowest BCUT2D eigenvalue weighted by molar-refractivity contribution is -0.214. The van der Waals surface area contributed by atoms with Gasteiger partial charge in [0.15, 0.2) is 0 Å². The highest BCUT2D eigenvalue weighted by atomic mass is 16.5. The zero-order valence-electron chi connectivity index (χ0n) is 19.0. The Kier molecular flexibility index (Phi) is 9.79. The molecule has 0 unspecified atom stereocenters. The van der Waals surface area contributed by atoms with Gasteiger partial charge in [-0.05, 0) is 23.3 Å². The lowest BCUT2D eigenvalue weighted by Crippen LogP contribution is -2.58. The van der Waals surface area contributed by atoms with Crippen molar-refractivity contribution in [2.75, 3.05) is 13.2 Å². The summed E-state index contributed by atoms with van der Waals surface area (Å²) in [4.78, 5) is 0. The minimum Gasteiger partial charge on any atom is -0.394 e. The van der Waals surface area contributed by atoms with Crippen molar-refractivity contribution in [3.05, 3.63) is 34.4 Å². The summed E-state index contributed by atoms with van der Waals surface area (Å²) in [5, 5.41) is 98.1. The molecule has 0 aromatic heterocycles. The van der Waals surface area contributed by atoms with Crippen molar-refractivity contribution in [2.24, 2.45) is 0 Å². The maximum absolute atomic E-state index is 10.1. The van der Waals surface area contributed by atoms with E-state index < -0.39 is 87.5 Å². The Bertz CT molecular complexity index is 938. The second kappa shape index (κ2) is 12.4. The van der Waals surface area contributed by atoms with Crippen LogP contribution in [0.5, 0.6) is 0 Å². The van der Waals surface area contributed by atoms with E-state index in [1.165, 1.54) is 12.1 Å². The second-order valence-electron chi connectivity index (χ2n) is 8.52. The fourth-order valence-electron chi connectivity index (χ4n) is 3.92. The van der Waals surface area contributed by atoms with Crippen LogP contribution in [-0.4, -0.2) is 125 Å². The minimum absolute atomic E-state index is 0.247. The molecule has 0 bridgehead atoms. The number of rotatable bonds is 4. The molecule has 10 atom stereocenters. The molecule has 2 heterocycles. The molecule has 12 nitrogen and oxygen atoms in total. The summed E-state index contributed by atoms with van der Waals surface area (Å²) in [6.07, 6.45) is -14.1. The van der Waals surface area contributed by atoms with Crippen LogP contribution in [0.15, 0.2) is 12.1 Å². The Morgan fingerprint density at radius 2 is 0.917 bits per heavy atom. The first kappa shape index (κ1) is 28.4. The molecule has 2 saturated heterocycles. The number of hydrogen-bond acceptors (Lipinski definition) is 12. The Hall–Kier alpha value is -2.14. The van der Waals surface area contributed by atoms with E-state index >= 15 is 0 Å². The molecule has 0 radical (unpaired) electrons. The van der Waals surface area contributed by atoms with Gasteiger partial charge >= 0.3 is 0 Å². The predicted octanol–water partition coefficient (Wildman–Crippen LogP) is -4.94. The number of benzene rings is 1. The minimum atomic E-state index is -1.60. The summed E-state index contributed by atoms with van der Waals surface area (Å²) >= 11 is 0. The first-order valence-electron chi connectivity index (χ1n) is 11.2. The number of hydrogen-bond donors (Lipinski definition) is 10. The lowest BCUT2D eigenvalue weighted by atomic mass is 9.94. The van der Waals surface area contributed by atoms with Gasteiger partial charge in [0.1, 0.15) is 61.0 Å². The fraction of sp³-hybridized carbons (Fsp3) is 0.583. The van der Waals surface area contributed by atoms with Crippen molar-refractivity contribution in [3.8, 4) is 23.7 Å². The van der Waals surface area contributed by atoms with E-state index in [0.717, 1.165) is 0 Å². The molecule has 2 fully saturated rings. The first-order chi connectivity index (χ1) is 17.2. The molecule has 10 N–H and O–H groups in total. The fourth-order valence-corrected chi connectivity index (χ4v) is 3.92. The first-order valence-corrected chi connectivity index (χ1v) is 11.2. The quantitative estimate of drug-likeness (QED) is 0.172. The molecule has 0 spiro atoms. The van der Waals surface area contributed by atoms with E-state index in [1.807, 2.05) is 0 Å². The van der Waals surface area contributed by atoms with Gasteiger partial charge in [0.2, 0.25) is 0 Å². The molecule has 0 saturated carbocycles. The van der Waals surface area contributed by atoms with Crippen LogP contribution in [0.2, 0.25) is 0 Å². The lowest BCUT2D eigenvalue weighted by Gasteiger charge is -2.37. The molecule has 198 valence electrons. The molecule has 0 amide bonds. The van der Waals surface area contributed by atoms with Crippen molar-refractivity contribution in [3.63, 3.8) is 0 Å². The number of ether oxygens (including phenoxy) is 2. The molecule has 2 aliphatic heterocycles. The van der Waals surface area contributed by atoms with E-state index in [9.17, 15) is 51.1 Å². The predicted molar refractivity (Wildman–Crippen MR) is 120 cm³/mol. The van der Waals surface area contributed by atoms with E-state index in [4.69, 9.17) is 9.47 Å². The molecule has 2 aliphatic rings. The van der Waals surface area contributed by atoms with Gasteiger partial charge < -0.3 is 60.5 Å². The van der Waals surface area contributed by atoms with Crippen molar-refractivity contribution in [2.45, 2.75) is 74.3 Å². The Labute approximate surface area is 206 Å². The summed E-state index contributed by atoms with van der Waals surface area (Å²) < 4.78 is 10.7. The number of aliphatic hydroxyl groups excluding tert-OH is 10.